The summed E-state index contributed by atoms with van der Waals surface area (Å²) in [5.41, 5.74) is 0.975. The molecule has 2 N–H and O–H groups in total. The third-order valence-electron chi connectivity index (χ3n) is 3.92. The number of hydrogen-bond donors (Lipinski definition) is 2. The van der Waals surface area contributed by atoms with E-state index in [9.17, 15) is 4.79 Å². The molecule has 2 aliphatic carbocycles. The maximum absolute atomic E-state index is 12.0. The smallest absolute Gasteiger partial charge is 0.229 e. The first-order chi connectivity index (χ1) is 7.75. The van der Waals surface area contributed by atoms with Crippen LogP contribution in [0.2, 0.25) is 0 Å². The number of carbonyl (C=O) groups excluding carboxylic acids is 1. The maximum atomic E-state index is 12.0. The molecule has 16 heavy (non-hydrogen) atoms. The van der Waals surface area contributed by atoms with Crippen LogP contribution in [-0.4, -0.2) is 16.1 Å². The molecule has 2 aliphatic rings. The number of aromatic amines is 1. The number of fused-ring (bicyclic) bond motifs is 1. The van der Waals surface area contributed by atoms with Gasteiger partial charge >= 0.3 is 0 Å². The number of amides is 1. The molecule has 2 unspecified atom stereocenters. The molecule has 1 aromatic heterocycles. The molecule has 0 radical (unpaired) electrons. The summed E-state index contributed by atoms with van der Waals surface area (Å²) in [6.45, 7) is 1.93. The number of aryl methyl sites for hydroxylation is 1. The van der Waals surface area contributed by atoms with Crippen molar-refractivity contribution in [2.24, 2.45) is 17.8 Å². The minimum Gasteiger partial charge on any atom is -0.309 e. The number of carbonyl (C=O) groups is 1. The SMILES string of the molecule is Cc1cc(NC(=O)C2C3CCCCC32)n[nH]1. The van der Waals surface area contributed by atoms with Crippen LogP contribution in [0.1, 0.15) is 31.4 Å². The molecular weight excluding hydrogens is 202 g/mol. The molecule has 0 spiro atoms. The summed E-state index contributed by atoms with van der Waals surface area (Å²) in [5, 5.41) is 9.76. The van der Waals surface area contributed by atoms with Crippen LogP contribution < -0.4 is 5.32 Å². The molecule has 4 heteroatoms. The standard InChI is InChI=1S/C12H17N3O/c1-7-6-10(15-14-7)13-12(16)11-8-4-2-3-5-9(8)11/h6,8-9,11H,2-5H2,1H3,(H2,13,14,15,16). The number of H-pyrrole nitrogens is 1. The largest absolute Gasteiger partial charge is 0.309 e. The molecule has 0 bridgehead atoms. The molecule has 0 aromatic carbocycles. The number of rotatable bonds is 2. The summed E-state index contributed by atoms with van der Waals surface area (Å²) in [6, 6.07) is 1.87. The summed E-state index contributed by atoms with van der Waals surface area (Å²) in [6.07, 6.45) is 5.07. The van der Waals surface area contributed by atoms with Crippen molar-refractivity contribution in [3.63, 3.8) is 0 Å². The number of anilines is 1. The maximum Gasteiger partial charge on any atom is 0.229 e. The Bertz CT molecular complexity index is 400. The highest BCUT2D eigenvalue weighted by atomic mass is 16.2. The molecule has 0 saturated heterocycles. The van der Waals surface area contributed by atoms with Gasteiger partial charge in [0.05, 0.1) is 0 Å². The van der Waals surface area contributed by atoms with Crippen molar-refractivity contribution in [1.29, 1.82) is 0 Å². The van der Waals surface area contributed by atoms with Gasteiger partial charge in [-0.25, -0.2) is 0 Å². The monoisotopic (exact) mass is 219 g/mol. The van der Waals surface area contributed by atoms with E-state index in [4.69, 9.17) is 0 Å². The van der Waals surface area contributed by atoms with Crippen molar-refractivity contribution in [3.05, 3.63) is 11.8 Å². The molecule has 3 rings (SSSR count). The fourth-order valence-electron chi connectivity index (χ4n) is 3.07. The Morgan fingerprint density at radius 1 is 1.44 bits per heavy atom. The lowest BCUT2D eigenvalue weighted by Gasteiger charge is -2.04. The molecular formula is C12H17N3O. The van der Waals surface area contributed by atoms with E-state index >= 15 is 0 Å². The first-order valence-corrected chi connectivity index (χ1v) is 6.08. The molecule has 2 atom stereocenters. The first kappa shape index (κ1) is 9.87. The van der Waals surface area contributed by atoms with E-state index in [2.05, 4.69) is 15.5 Å². The van der Waals surface area contributed by atoms with Gasteiger partial charge in [-0.1, -0.05) is 12.8 Å². The van der Waals surface area contributed by atoms with Crippen molar-refractivity contribution < 1.29 is 4.79 Å². The van der Waals surface area contributed by atoms with Crippen LogP contribution in [0.4, 0.5) is 5.82 Å². The quantitative estimate of drug-likeness (QED) is 0.800. The van der Waals surface area contributed by atoms with Crippen LogP contribution in [0.25, 0.3) is 0 Å². The molecule has 1 heterocycles. The van der Waals surface area contributed by atoms with Gasteiger partial charge in [-0.3, -0.25) is 9.89 Å². The van der Waals surface area contributed by atoms with Gasteiger partial charge in [0.15, 0.2) is 5.82 Å². The first-order valence-electron chi connectivity index (χ1n) is 6.08. The van der Waals surface area contributed by atoms with Gasteiger partial charge in [0.25, 0.3) is 0 Å². The van der Waals surface area contributed by atoms with Gasteiger partial charge in [0.2, 0.25) is 5.91 Å². The molecule has 2 saturated carbocycles. The van der Waals surface area contributed by atoms with E-state index in [0.717, 1.165) is 5.69 Å². The zero-order valence-corrected chi connectivity index (χ0v) is 9.49. The normalized spacial score (nSPS) is 31.9. The second-order valence-electron chi connectivity index (χ2n) is 5.06. The van der Waals surface area contributed by atoms with E-state index in [0.29, 0.717) is 17.7 Å². The van der Waals surface area contributed by atoms with Gasteiger partial charge in [0.1, 0.15) is 0 Å². The molecule has 2 fully saturated rings. The van der Waals surface area contributed by atoms with Crippen LogP contribution in [0.3, 0.4) is 0 Å². The van der Waals surface area contributed by atoms with Crippen LogP contribution >= 0.6 is 0 Å². The number of nitrogens with zero attached hydrogens (tertiary/aromatic N) is 1. The van der Waals surface area contributed by atoms with Crippen LogP contribution in [0.5, 0.6) is 0 Å². The predicted octanol–water partition coefficient (Wildman–Crippen LogP) is 2.09. The van der Waals surface area contributed by atoms with Gasteiger partial charge in [-0.2, -0.15) is 5.10 Å². The second-order valence-corrected chi connectivity index (χ2v) is 5.06. The van der Waals surface area contributed by atoms with E-state index < -0.39 is 0 Å². The minimum atomic E-state index is 0.170. The molecule has 86 valence electrons. The fourth-order valence-corrected chi connectivity index (χ4v) is 3.07. The number of aromatic nitrogens is 2. The van der Waals surface area contributed by atoms with Gasteiger partial charge in [-0.15, -0.1) is 0 Å². The Balaban J connectivity index is 1.62. The highest BCUT2D eigenvalue weighted by Gasteiger charge is 2.54. The second kappa shape index (κ2) is 3.61. The highest BCUT2D eigenvalue weighted by Crippen LogP contribution is 2.55. The zero-order chi connectivity index (χ0) is 11.1. The predicted molar refractivity (Wildman–Crippen MR) is 60.9 cm³/mol. The van der Waals surface area contributed by atoms with Crippen LogP contribution in [0.15, 0.2) is 6.07 Å². The Morgan fingerprint density at radius 2 is 2.12 bits per heavy atom. The lowest BCUT2D eigenvalue weighted by molar-refractivity contribution is -0.117. The Morgan fingerprint density at radius 3 is 2.69 bits per heavy atom. The van der Waals surface area contributed by atoms with Gasteiger partial charge in [0, 0.05) is 17.7 Å². The average Bonchev–Trinajstić information content (AvgIpc) is 2.88. The van der Waals surface area contributed by atoms with E-state index in [-0.39, 0.29) is 11.8 Å². The average molecular weight is 219 g/mol. The van der Waals surface area contributed by atoms with Crippen LogP contribution in [0, 0.1) is 24.7 Å². The van der Waals surface area contributed by atoms with E-state index in [1.807, 2.05) is 13.0 Å². The third kappa shape index (κ3) is 1.62. The van der Waals surface area contributed by atoms with E-state index in [1.165, 1.54) is 25.7 Å². The summed E-state index contributed by atoms with van der Waals surface area (Å²) in [4.78, 5) is 12.0. The zero-order valence-electron chi connectivity index (χ0n) is 9.49. The van der Waals surface area contributed by atoms with Crippen molar-refractivity contribution in [2.45, 2.75) is 32.6 Å². The summed E-state index contributed by atoms with van der Waals surface area (Å²) in [7, 11) is 0. The van der Waals surface area contributed by atoms with Gasteiger partial charge < -0.3 is 5.32 Å². The fraction of sp³-hybridized carbons (Fsp3) is 0.667. The van der Waals surface area contributed by atoms with E-state index in [1.54, 1.807) is 0 Å². The molecule has 4 nitrogen and oxygen atoms in total. The summed E-state index contributed by atoms with van der Waals surface area (Å²) in [5.74, 6) is 2.41. The summed E-state index contributed by atoms with van der Waals surface area (Å²) >= 11 is 0. The molecule has 1 amide bonds. The minimum absolute atomic E-state index is 0.170. The van der Waals surface area contributed by atoms with Crippen molar-refractivity contribution in [2.75, 3.05) is 5.32 Å². The summed E-state index contributed by atoms with van der Waals surface area (Å²) < 4.78 is 0. The Kier molecular flexibility index (Phi) is 2.23. The van der Waals surface area contributed by atoms with Gasteiger partial charge in [-0.05, 0) is 31.6 Å². The molecule has 0 aliphatic heterocycles. The molecule has 1 aromatic rings. The van der Waals surface area contributed by atoms with Crippen molar-refractivity contribution in [1.82, 2.24) is 10.2 Å². The lowest BCUT2D eigenvalue weighted by Crippen LogP contribution is -2.15. The number of nitrogens with one attached hydrogen (secondary N) is 2. The number of hydrogen-bond acceptors (Lipinski definition) is 2. The van der Waals surface area contributed by atoms with Crippen molar-refractivity contribution in [3.8, 4) is 0 Å². The van der Waals surface area contributed by atoms with Crippen LogP contribution in [-0.2, 0) is 4.79 Å². The highest BCUT2D eigenvalue weighted by molar-refractivity contribution is 5.94. The lowest BCUT2D eigenvalue weighted by atomic mass is 10.0. The third-order valence-corrected chi connectivity index (χ3v) is 3.92. The topological polar surface area (TPSA) is 57.8 Å². The Labute approximate surface area is 94.8 Å². The van der Waals surface area contributed by atoms with Crippen molar-refractivity contribution >= 4 is 11.7 Å². The Hall–Kier alpha value is -1.32.